The van der Waals surface area contributed by atoms with E-state index >= 15 is 0 Å². The van der Waals surface area contributed by atoms with Crippen LogP contribution < -0.4 is 10.0 Å². The summed E-state index contributed by atoms with van der Waals surface area (Å²) in [5.41, 5.74) is -4.30. The van der Waals surface area contributed by atoms with Crippen LogP contribution in [-0.2, 0) is 21.4 Å². The molecule has 3 aromatic rings. The lowest BCUT2D eigenvalue weighted by Crippen LogP contribution is -2.29. The number of alkyl halides is 3. The maximum absolute atomic E-state index is 12.6. The molecule has 0 aliphatic rings. The SMILES string of the molecule is Cc1cc2cc(NS(=O)(=O)C(F)(F)F)ccc2n1CC(=O)Nc1cccc(C(=O)O)c1. The first-order valence-corrected chi connectivity index (χ1v) is 10.2. The van der Waals surface area contributed by atoms with Crippen molar-refractivity contribution in [3.8, 4) is 0 Å². The molecule has 0 saturated heterocycles. The lowest BCUT2D eigenvalue weighted by atomic mass is 10.2. The highest BCUT2D eigenvalue weighted by Gasteiger charge is 2.46. The molecule has 1 aromatic heterocycles. The summed E-state index contributed by atoms with van der Waals surface area (Å²) < 4.78 is 63.3. The molecule has 164 valence electrons. The van der Waals surface area contributed by atoms with E-state index in [0.717, 1.165) is 6.07 Å². The van der Waals surface area contributed by atoms with Crippen LogP contribution in [0.2, 0.25) is 0 Å². The molecule has 1 amide bonds. The molecule has 0 spiro atoms. The molecule has 12 heteroatoms. The van der Waals surface area contributed by atoms with Crippen LogP contribution in [0.4, 0.5) is 24.5 Å². The monoisotopic (exact) mass is 455 g/mol. The fraction of sp³-hybridized carbons (Fsp3) is 0.158. The fourth-order valence-electron chi connectivity index (χ4n) is 2.97. The van der Waals surface area contributed by atoms with Crippen LogP contribution in [-0.4, -0.2) is 35.5 Å². The van der Waals surface area contributed by atoms with Crippen LogP contribution in [0.15, 0.2) is 48.5 Å². The second-order valence-electron chi connectivity index (χ2n) is 6.63. The van der Waals surface area contributed by atoms with Gasteiger partial charge in [-0.1, -0.05) is 6.07 Å². The first kappa shape index (κ1) is 22.2. The van der Waals surface area contributed by atoms with Gasteiger partial charge in [0.1, 0.15) is 6.54 Å². The number of carboxylic acid groups (broad SMARTS) is 1. The Balaban J connectivity index is 1.82. The summed E-state index contributed by atoms with van der Waals surface area (Å²) in [6, 6.07) is 11.1. The standard InChI is InChI=1S/C19H16F3N3O5S/c1-11-7-13-9-15(24-31(29,30)19(20,21)22)5-6-16(13)25(11)10-17(26)23-14-4-2-3-12(8-14)18(27)28/h2-9,24H,10H2,1H3,(H,23,26)(H,27,28). The maximum atomic E-state index is 12.6. The Labute approximate surface area is 174 Å². The van der Waals surface area contributed by atoms with E-state index in [1.165, 1.54) is 41.1 Å². The average Bonchev–Trinajstić information content (AvgIpc) is 2.95. The van der Waals surface area contributed by atoms with Crippen molar-refractivity contribution in [1.82, 2.24) is 4.57 Å². The van der Waals surface area contributed by atoms with Crippen LogP contribution >= 0.6 is 0 Å². The van der Waals surface area contributed by atoms with Crippen molar-refractivity contribution in [2.45, 2.75) is 19.0 Å². The molecule has 0 radical (unpaired) electrons. The highest BCUT2D eigenvalue weighted by molar-refractivity contribution is 7.93. The smallest absolute Gasteiger partial charge is 0.478 e. The number of benzene rings is 2. The lowest BCUT2D eigenvalue weighted by Gasteiger charge is -2.12. The largest absolute Gasteiger partial charge is 0.516 e. The van der Waals surface area contributed by atoms with Crippen molar-refractivity contribution in [3.05, 3.63) is 59.8 Å². The van der Waals surface area contributed by atoms with E-state index in [-0.39, 0.29) is 17.8 Å². The van der Waals surface area contributed by atoms with Crippen molar-refractivity contribution < 1.29 is 36.3 Å². The van der Waals surface area contributed by atoms with Gasteiger partial charge >= 0.3 is 21.5 Å². The number of hydrogen-bond acceptors (Lipinski definition) is 4. The molecule has 0 atom stereocenters. The molecule has 31 heavy (non-hydrogen) atoms. The number of anilines is 2. The summed E-state index contributed by atoms with van der Waals surface area (Å²) in [6.45, 7) is 1.53. The van der Waals surface area contributed by atoms with E-state index in [2.05, 4.69) is 5.32 Å². The Morgan fingerprint density at radius 3 is 2.42 bits per heavy atom. The first-order valence-electron chi connectivity index (χ1n) is 8.69. The summed E-state index contributed by atoms with van der Waals surface area (Å²) in [5.74, 6) is -1.59. The summed E-state index contributed by atoms with van der Waals surface area (Å²) in [7, 11) is -5.55. The summed E-state index contributed by atoms with van der Waals surface area (Å²) >= 11 is 0. The lowest BCUT2D eigenvalue weighted by molar-refractivity contribution is -0.116. The topological polar surface area (TPSA) is 118 Å². The second-order valence-corrected chi connectivity index (χ2v) is 8.30. The van der Waals surface area contributed by atoms with Crippen LogP contribution in [0, 0.1) is 6.92 Å². The van der Waals surface area contributed by atoms with Gasteiger partial charge in [0.15, 0.2) is 0 Å². The van der Waals surface area contributed by atoms with E-state index in [4.69, 9.17) is 5.11 Å². The molecule has 3 N–H and O–H groups in total. The number of hydrogen-bond donors (Lipinski definition) is 3. The highest BCUT2D eigenvalue weighted by atomic mass is 32.2. The minimum absolute atomic E-state index is 0.00855. The Kier molecular flexibility index (Phi) is 5.68. The number of aromatic nitrogens is 1. The van der Waals surface area contributed by atoms with Crippen molar-refractivity contribution in [2.24, 2.45) is 0 Å². The zero-order valence-corrected chi connectivity index (χ0v) is 16.7. The number of carboxylic acids is 1. The zero-order valence-electron chi connectivity index (χ0n) is 15.9. The van der Waals surface area contributed by atoms with Gasteiger partial charge in [-0.2, -0.15) is 21.6 Å². The molecule has 0 aliphatic heterocycles. The Bertz CT molecular complexity index is 1280. The molecule has 0 fully saturated rings. The number of halogens is 3. The molecule has 0 aliphatic carbocycles. The van der Waals surface area contributed by atoms with Crippen molar-refractivity contribution >= 4 is 44.2 Å². The molecular weight excluding hydrogens is 439 g/mol. The van der Waals surface area contributed by atoms with Gasteiger partial charge in [-0.15, -0.1) is 0 Å². The Morgan fingerprint density at radius 1 is 1.06 bits per heavy atom. The quantitative estimate of drug-likeness (QED) is 0.526. The fourth-order valence-corrected chi connectivity index (χ4v) is 3.52. The van der Waals surface area contributed by atoms with Gasteiger partial charge in [-0.3, -0.25) is 9.52 Å². The highest BCUT2D eigenvalue weighted by Crippen LogP contribution is 2.28. The van der Waals surface area contributed by atoms with Gasteiger partial charge in [0.05, 0.1) is 5.56 Å². The van der Waals surface area contributed by atoms with E-state index in [1.54, 1.807) is 17.6 Å². The number of fused-ring (bicyclic) bond motifs is 1. The van der Waals surface area contributed by atoms with E-state index < -0.39 is 27.4 Å². The van der Waals surface area contributed by atoms with Gasteiger partial charge < -0.3 is 15.0 Å². The van der Waals surface area contributed by atoms with Gasteiger partial charge in [-0.25, -0.2) is 4.79 Å². The molecule has 1 heterocycles. The number of carbonyl (C=O) groups is 2. The van der Waals surface area contributed by atoms with E-state index in [9.17, 15) is 31.2 Å². The van der Waals surface area contributed by atoms with Gasteiger partial charge in [-0.05, 0) is 49.4 Å². The number of aromatic carboxylic acids is 1. The number of rotatable bonds is 6. The van der Waals surface area contributed by atoms with Crippen molar-refractivity contribution in [2.75, 3.05) is 10.0 Å². The van der Waals surface area contributed by atoms with Crippen molar-refractivity contribution in [3.63, 3.8) is 0 Å². The molecule has 0 unspecified atom stereocenters. The average molecular weight is 455 g/mol. The predicted octanol–water partition coefficient (Wildman–Crippen LogP) is 3.55. The van der Waals surface area contributed by atoms with Crippen LogP contribution in [0.5, 0.6) is 0 Å². The van der Waals surface area contributed by atoms with Gasteiger partial charge in [0, 0.05) is 28.0 Å². The van der Waals surface area contributed by atoms with Gasteiger partial charge in [0.25, 0.3) is 0 Å². The van der Waals surface area contributed by atoms with E-state index in [0.29, 0.717) is 22.3 Å². The Morgan fingerprint density at radius 2 is 1.77 bits per heavy atom. The first-order chi connectivity index (χ1) is 14.4. The molecule has 0 saturated carbocycles. The van der Waals surface area contributed by atoms with Crippen molar-refractivity contribution in [1.29, 1.82) is 0 Å². The number of aryl methyl sites for hydroxylation is 1. The minimum atomic E-state index is -5.55. The minimum Gasteiger partial charge on any atom is -0.478 e. The number of carbonyl (C=O) groups excluding carboxylic acids is 1. The predicted molar refractivity (Wildman–Crippen MR) is 107 cm³/mol. The third kappa shape index (κ3) is 4.79. The van der Waals surface area contributed by atoms with Crippen LogP contribution in [0.1, 0.15) is 16.1 Å². The molecule has 3 rings (SSSR count). The van der Waals surface area contributed by atoms with Crippen LogP contribution in [0.3, 0.4) is 0 Å². The Hall–Kier alpha value is -3.54. The summed E-state index contributed by atoms with van der Waals surface area (Å²) in [6.07, 6.45) is 0. The normalized spacial score (nSPS) is 12.0. The van der Waals surface area contributed by atoms with Gasteiger partial charge in [0.2, 0.25) is 5.91 Å². The number of nitrogens with zero attached hydrogens (tertiary/aromatic N) is 1. The molecule has 8 nitrogen and oxygen atoms in total. The third-order valence-electron chi connectivity index (χ3n) is 4.36. The number of amides is 1. The second kappa shape index (κ2) is 7.95. The molecular formula is C19H16F3N3O5S. The van der Waals surface area contributed by atoms with E-state index in [1.807, 2.05) is 0 Å². The summed E-state index contributed by atoms with van der Waals surface area (Å²) in [4.78, 5) is 23.5. The zero-order chi connectivity index (χ0) is 23.0. The number of sulfonamides is 1. The molecule has 2 aromatic carbocycles. The number of nitrogens with one attached hydrogen (secondary N) is 2. The third-order valence-corrected chi connectivity index (χ3v) is 5.47. The van der Waals surface area contributed by atoms with Crippen LogP contribution in [0.25, 0.3) is 10.9 Å². The molecule has 0 bridgehead atoms. The maximum Gasteiger partial charge on any atom is 0.516 e. The summed E-state index contributed by atoms with van der Waals surface area (Å²) in [5, 5.41) is 12.0.